The first-order valence-corrected chi connectivity index (χ1v) is 9.17. The molecule has 2 heterocycles. The lowest BCUT2D eigenvalue weighted by Gasteiger charge is -2.33. The van der Waals surface area contributed by atoms with Crippen molar-refractivity contribution in [3.63, 3.8) is 0 Å². The molecule has 1 aromatic carbocycles. The molecule has 2 aromatic rings. The Morgan fingerprint density at radius 1 is 1.17 bits per heavy atom. The van der Waals surface area contributed by atoms with Crippen molar-refractivity contribution in [2.75, 3.05) is 26.2 Å². The Morgan fingerprint density at radius 2 is 1.83 bits per heavy atom. The van der Waals surface area contributed by atoms with Crippen LogP contribution in [0.15, 0.2) is 39.8 Å². The van der Waals surface area contributed by atoms with Crippen LogP contribution < -0.4 is 0 Å². The predicted octanol–water partition coefficient (Wildman–Crippen LogP) is 2.14. The highest BCUT2D eigenvalue weighted by atomic mass is 35.5. The van der Waals surface area contributed by atoms with Gasteiger partial charge in [-0.3, -0.25) is 4.90 Å². The lowest BCUT2D eigenvalue weighted by molar-refractivity contribution is 0.166. The number of aromatic nitrogens is 1. The Kier molecular flexibility index (Phi) is 4.72. The molecule has 0 bridgehead atoms. The van der Waals surface area contributed by atoms with Crippen LogP contribution >= 0.6 is 11.6 Å². The molecular weight excluding hydrogens is 338 g/mol. The fourth-order valence-corrected chi connectivity index (χ4v) is 4.14. The zero-order valence-corrected chi connectivity index (χ0v) is 14.3. The summed E-state index contributed by atoms with van der Waals surface area (Å²) in [6.07, 6.45) is 0. The molecule has 1 fully saturated rings. The van der Waals surface area contributed by atoms with E-state index in [2.05, 4.69) is 10.1 Å². The van der Waals surface area contributed by atoms with Crippen molar-refractivity contribution in [2.45, 2.75) is 18.4 Å². The van der Waals surface area contributed by atoms with E-state index >= 15 is 0 Å². The van der Waals surface area contributed by atoms with Gasteiger partial charge in [0.2, 0.25) is 10.0 Å². The second-order valence-electron chi connectivity index (χ2n) is 5.57. The van der Waals surface area contributed by atoms with Crippen LogP contribution in [0.2, 0.25) is 5.02 Å². The predicted molar refractivity (Wildman–Crippen MR) is 86.7 cm³/mol. The van der Waals surface area contributed by atoms with Crippen LogP contribution in [0.5, 0.6) is 0 Å². The van der Waals surface area contributed by atoms with Gasteiger partial charge in [-0.05, 0) is 31.2 Å². The van der Waals surface area contributed by atoms with Crippen molar-refractivity contribution >= 4 is 21.6 Å². The van der Waals surface area contributed by atoms with Gasteiger partial charge >= 0.3 is 0 Å². The summed E-state index contributed by atoms with van der Waals surface area (Å²) in [7, 11) is -3.46. The number of piperazine rings is 1. The van der Waals surface area contributed by atoms with Crippen molar-refractivity contribution in [3.8, 4) is 0 Å². The lowest BCUT2D eigenvalue weighted by Crippen LogP contribution is -2.48. The molecule has 124 valence electrons. The number of benzene rings is 1. The Balaban J connectivity index is 1.62. The van der Waals surface area contributed by atoms with Crippen molar-refractivity contribution in [3.05, 3.63) is 46.8 Å². The number of sulfonamides is 1. The fraction of sp³-hybridized carbons (Fsp3) is 0.400. The van der Waals surface area contributed by atoms with Crippen LogP contribution in [0.1, 0.15) is 11.5 Å². The Labute approximate surface area is 140 Å². The molecule has 0 unspecified atom stereocenters. The Hall–Kier alpha value is -1.41. The van der Waals surface area contributed by atoms with Crippen LogP contribution in [0, 0.1) is 6.92 Å². The number of rotatable bonds is 4. The van der Waals surface area contributed by atoms with Crippen molar-refractivity contribution < 1.29 is 12.9 Å². The summed E-state index contributed by atoms with van der Waals surface area (Å²) >= 11 is 5.82. The monoisotopic (exact) mass is 355 g/mol. The summed E-state index contributed by atoms with van der Waals surface area (Å²) in [5.74, 6) is 0.802. The summed E-state index contributed by atoms with van der Waals surface area (Å²) in [5, 5.41) is 4.39. The normalized spacial score (nSPS) is 17.5. The standard InChI is InChI=1S/C15H18ClN3O3S/c1-12-10-14(22-17-12)11-18-6-8-19(9-7-18)23(20,21)15-4-2-13(16)3-5-15/h2-5,10H,6-9,11H2,1H3. The molecular formula is C15H18ClN3O3S. The van der Waals surface area contributed by atoms with Gasteiger partial charge in [0.15, 0.2) is 5.76 Å². The molecule has 1 aliphatic heterocycles. The van der Waals surface area contributed by atoms with Gasteiger partial charge in [-0.1, -0.05) is 16.8 Å². The van der Waals surface area contributed by atoms with E-state index in [1.165, 1.54) is 4.31 Å². The molecule has 23 heavy (non-hydrogen) atoms. The third kappa shape index (κ3) is 3.74. The van der Waals surface area contributed by atoms with E-state index in [1.54, 1.807) is 24.3 Å². The largest absolute Gasteiger partial charge is 0.360 e. The van der Waals surface area contributed by atoms with E-state index in [0.29, 0.717) is 37.7 Å². The average Bonchev–Trinajstić information content (AvgIpc) is 2.93. The van der Waals surface area contributed by atoms with Gasteiger partial charge in [0.25, 0.3) is 0 Å². The topological polar surface area (TPSA) is 66.7 Å². The zero-order valence-electron chi connectivity index (χ0n) is 12.8. The molecule has 0 amide bonds. The molecule has 0 radical (unpaired) electrons. The molecule has 1 aliphatic rings. The summed E-state index contributed by atoms with van der Waals surface area (Å²) in [6.45, 7) is 4.76. The maximum Gasteiger partial charge on any atom is 0.243 e. The second kappa shape index (κ2) is 6.60. The van der Waals surface area contributed by atoms with Crippen molar-refractivity contribution in [1.29, 1.82) is 0 Å². The van der Waals surface area contributed by atoms with Gasteiger partial charge < -0.3 is 4.52 Å². The van der Waals surface area contributed by atoms with Crippen LogP contribution in [-0.2, 0) is 16.6 Å². The van der Waals surface area contributed by atoms with Crippen LogP contribution in [-0.4, -0.2) is 49.0 Å². The van der Waals surface area contributed by atoms with Crippen molar-refractivity contribution in [1.82, 2.24) is 14.4 Å². The fourth-order valence-electron chi connectivity index (χ4n) is 2.59. The first-order valence-electron chi connectivity index (χ1n) is 7.35. The number of hydrogen-bond acceptors (Lipinski definition) is 5. The molecule has 0 N–H and O–H groups in total. The van der Waals surface area contributed by atoms with Gasteiger partial charge in [0, 0.05) is 37.3 Å². The lowest BCUT2D eigenvalue weighted by atomic mass is 10.3. The van der Waals surface area contributed by atoms with Gasteiger partial charge in [0.1, 0.15) is 0 Å². The second-order valence-corrected chi connectivity index (χ2v) is 7.94. The molecule has 8 heteroatoms. The first kappa shape index (κ1) is 16.4. The molecule has 0 saturated carbocycles. The molecule has 0 aliphatic carbocycles. The van der Waals surface area contributed by atoms with Gasteiger partial charge in [-0.25, -0.2) is 8.42 Å². The van der Waals surface area contributed by atoms with Gasteiger partial charge in [0.05, 0.1) is 17.1 Å². The molecule has 0 spiro atoms. The van der Waals surface area contributed by atoms with Gasteiger partial charge in [-0.2, -0.15) is 4.31 Å². The quantitative estimate of drug-likeness (QED) is 0.840. The maximum absolute atomic E-state index is 12.6. The van der Waals surface area contributed by atoms with Crippen molar-refractivity contribution in [2.24, 2.45) is 0 Å². The molecule has 1 aromatic heterocycles. The summed E-state index contributed by atoms with van der Waals surface area (Å²) in [5.41, 5.74) is 0.851. The molecule has 1 saturated heterocycles. The van der Waals surface area contributed by atoms with Crippen LogP contribution in [0.25, 0.3) is 0 Å². The third-order valence-corrected chi connectivity index (χ3v) is 6.00. The Bertz CT molecular complexity index is 766. The highest BCUT2D eigenvalue weighted by Gasteiger charge is 2.28. The van der Waals surface area contributed by atoms with E-state index in [1.807, 2.05) is 13.0 Å². The molecule has 3 rings (SSSR count). The smallest absolute Gasteiger partial charge is 0.243 e. The number of halogens is 1. The minimum Gasteiger partial charge on any atom is -0.360 e. The zero-order chi connectivity index (χ0) is 16.4. The SMILES string of the molecule is Cc1cc(CN2CCN(S(=O)(=O)c3ccc(Cl)cc3)CC2)on1. The summed E-state index contributed by atoms with van der Waals surface area (Å²) in [4.78, 5) is 2.44. The van der Waals surface area contributed by atoms with E-state index in [0.717, 1.165) is 11.5 Å². The maximum atomic E-state index is 12.6. The average molecular weight is 356 g/mol. The van der Waals surface area contributed by atoms with Crippen LogP contribution in [0.3, 0.4) is 0 Å². The van der Waals surface area contributed by atoms with Gasteiger partial charge in [-0.15, -0.1) is 0 Å². The number of aryl methyl sites for hydroxylation is 1. The Morgan fingerprint density at radius 3 is 2.39 bits per heavy atom. The van der Waals surface area contributed by atoms with E-state index in [4.69, 9.17) is 16.1 Å². The van der Waals surface area contributed by atoms with Crippen LogP contribution in [0.4, 0.5) is 0 Å². The molecule has 6 nitrogen and oxygen atoms in total. The number of hydrogen-bond donors (Lipinski definition) is 0. The number of nitrogens with zero attached hydrogens (tertiary/aromatic N) is 3. The minimum absolute atomic E-state index is 0.279. The third-order valence-electron chi connectivity index (χ3n) is 3.84. The summed E-state index contributed by atoms with van der Waals surface area (Å²) in [6, 6.07) is 8.17. The summed E-state index contributed by atoms with van der Waals surface area (Å²) < 4.78 is 31.9. The highest BCUT2D eigenvalue weighted by Crippen LogP contribution is 2.20. The van der Waals surface area contributed by atoms with E-state index < -0.39 is 10.0 Å². The minimum atomic E-state index is -3.46. The van der Waals surface area contributed by atoms with E-state index in [-0.39, 0.29) is 4.90 Å². The first-order chi connectivity index (χ1) is 10.9. The molecule has 0 atom stereocenters. The highest BCUT2D eigenvalue weighted by molar-refractivity contribution is 7.89. The van der Waals surface area contributed by atoms with E-state index in [9.17, 15) is 8.42 Å².